The zero-order valence-corrected chi connectivity index (χ0v) is 15.4. The summed E-state index contributed by atoms with van der Waals surface area (Å²) in [5.74, 6) is -2.49. The van der Waals surface area contributed by atoms with Gasteiger partial charge in [0.25, 0.3) is 0 Å². The molecule has 2 aromatic rings. The number of carboxylic acid groups (broad SMARTS) is 1. The first kappa shape index (κ1) is 18.9. The number of ether oxygens (including phenoxy) is 2. The molecule has 1 aliphatic rings. The SMILES string of the molecule is Cc1c(C(=O)O)cccc1[C@H]1OC(=O)[C@](C)(Cl)[C@@H]1OC(=O)c1ccccc1. The number of esters is 2. The van der Waals surface area contributed by atoms with Crippen LogP contribution in [0.3, 0.4) is 0 Å². The highest BCUT2D eigenvalue weighted by Gasteiger charge is 2.57. The van der Waals surface area contributed by atoms with Gasteiger partial charge in [-0.05, 0) is 37.6 Å². The van der Waals surface area contributed by atoms with Crippen LogP contribution in [0.25, 0.3) is 0 Å². The third-order valence-electron chi connectivity index (χ3n) is 4.60. The van der Waals surface area contributed by atoms with Crippen molar-refractivity contribution < 1.29 is 29.0 Å². The predicted octanol–water partition coefficient (Wildman–Crippen LogP) is 3.51. The fraction of sp³-hybridized carbons (Fsp3) is 0.250. The van der Waals surface area contributed by atoms with Gasteiger partial charge in [-0.3, -0.25) is 0 Å². The first-order valence-electron chi connectivity index (χ1n) is 8.22. The number of cyclic esters (lactones) is 1. The molecule has 1 N–H and O–H groups in total. The monoisotopic (exact) mass is 388 g/mol. The Kier molecular flexibility index (Phi) is 4.93. The summed E-state index contributed by atoms with van der Waals surface area (Å²) in [7, 11) is 0. The van der Waals surface area contributed by atoms with Gasteiger partial charge in [0.2, 0.25) is 0 Å². The molecule has 1 saturated heterocycles. The Morgan fingerprint density at radius 2 is 1.81 bits per heavy atom. The van der Waals surface area contributed by atoms with E-state index in [0.29, 0.717) is 16.7 Å². The van der Waals surface area contributed by atoms with Gasteiger partial charge in [-0.25, -0.2) is 14.4 Å². The van der Waals surface area contributed by atoms with Crippen molar-refractivity contribution in [3.8, 4) is 0 Å². The molecule has 0 amide bonds. The summed E-state index contributed by atoms with van der Waals surface area (Å²) >= 11 is 6.35. The molecule has 140 valence electrons. The second kappa shape index (κ2) is 7.04. The number of carbonyl (C=O) groups excluding carboxylic acids is 2. The molecule has 1 heterocycles. The molecule has 7 heteroatoms. The fourth-order valence-electron chi connectivity index (χ4n) is 3.04. The van der Waals surface area contributed by atoms with Crippen LogP contribution in [0.15, 0.2) is 48.5 Å². The molecule has 3 atom stereocenters. The summed E-state index contributed by atoms with van der Waals surface area (Å²) in [5, 5.41) is 9.33. The number of benzene rings is 2. The highest BCUT2D eigenvalue weighted by molar-refractivity contribution is 6.35. The molecule has 0 radical (unpaired) electrons. The maximum Gasteiger partial charge on any atom is 0.338 e. The third-order valence-corrected chi connectivity index (χ3v) is 4.97. The molecule has 27 heavy (non-hydrogen) atoms. The normalized spacial score (nSPS) is 24.3. The lowest BCUT2D eigenvalue weighted by molar-refractivity contribution is -0.143. The smallest absolute Gasteiger partial charge is 0.338 e. The molecule has 0 spiro atoms. The van der Waals surface area contributed by atoms with E-state index in [-0.39, 0.29) is 5.56 Å². The van der Waals surface area contributed by atoms with Crippen molar-refractivity contribution >= 4 is 29.5 Å². The van der Waals surface area contributed by atoms with E-state index in [9.17, 15) is 19.5 Å². The van der Waals surface area contributed by atoms with E-state index < -0.39 is 35.0 Å². The topological polar surface area (TPSA) is 89.9 Å². The lowest BCUT2D eigenvalue weighted by Crippen LogP contribution is -2.39. The average Bonchev–Trinajstić information content (AvgIpc) is 2.85. The highest BCUT2D eigenvalue weighted by Crippen LogP contribution is 2.44. The number of carbonyl (C=O) groups is 3. The quantitative estimate of drug-likeness (QED) is 0.636. The highest BCUT2D eigenvalue weighted by atomic mass is 35.5. The van der Waals surface area contributed by atoms with E-state index in [2.05, 4.69) is 0 Å². The molecule has 0 bridgehead atoms. The predicted molar refractivity (Wildman–Crippen MR) is 96.9 cm³/mol. The van der Waals surface area contributed by atoms with Gasteiger partial charge >= 0.3 is 17.9 Å². The average molecular weight is 389 g/mol. The number of hydrogen-bond donors (Lipinski definition) is 1. The summed E-state index contributed by atoms with van der Waals surface area (Å²) < 4.78 is 10.9. The molecule has 0 aliphatic carbocycles. The van der Waals surface area contributed by atoms with E-state index >= 15 is 0 Å². The maximum atomic E-state index is 12.5. The van der Waals surface area contributed by atoms with Gasteiger partial charge in [0.15, 0.2) is 17.1 Å². The molecule has 1 aliphatic heterocycles. The standard InChI is InChI=1S/C20H17ClO6/c1-11-13(9-6-10-14(11)17(22)23)15-16(20(2,21)19(25)26-15)27-18(24)12-7-4-3-5-8-12/h3-10,15-16H,1-2H3,(H,22,23)/t15-,16-,20-/m1/s1. The minimum absolute atomic E-state index is 0.0693. The van der Waals surface area contributed by atoms with Crippen LogP contribution in [0.1, 0.15) is 44.9 Å². The van der Waals surface area contributed by atoms with Gasteiger partial charge in [0.05, 0.1) is 11.1 Å². The Balaban J connectivity index is 1.99. The van der Waals surface area contributed by atoms with Gasteiger partial charge in [-0.15, -0.1) is 11.6 Å². The van der Waals surface area contributed by atoms with Crippen LogP contribution < -0.4 is 0 Å². The van der Waals surface area contributed by atoms with Crippen LogP contribution in [0, 0.1) is 6.92 Å². The second-order valence-electron chi connectivity index (χ2n) is 6.42. The second-order valence-corrected chi connectivity index (χ2v) is 7.20. The van der Waals surface area contributed by atoms with Crippen molar-refractivity contribution in [1.29, 1.82) is 0 Å². The molecule has 0 aromatic heterocycles. The largest absolute Gasteiger partial charge is 0.478 e. The van der Waals surface area contributed by atoms with Crippen molar-refractivity contribution in [2.24, 2.45) is 0 Å². The number of hydrogen-bond acceptors (Lipinski definition) is 5. The Morgan fingerprint density at radius 3 is 2.44 bits per heavy atom. The zero-order valence-electron chi connectivity index (χ0n) is 14.6. The van der Waals surface area contributed by atoms with Crippen LogP contribution in [0.2, 0.25) is 0 Å². The third kappa shape index (κ3) is 3.40. The number of alkyl halides is 1. The molecule has 6 nitrogen and oxygen atoms in total. The van der Waals surface area contributed by atoms with Crippen molar-refractivity contribution in [3.05, 3.63) is 70.8 Å². The Labute approximate surface area is 160 Å². The Morgan fingerprint density at radius 1 is 1.15 bits per heavy atom. The molecule has 0 saturated carbocycles. The van der Waals surface area contributed by atoms with E-state index in [0.717, 1.165) is 0 Å². The fourth-order valence-corrected chi connectivity index (χ4v) is 3.25. The molecule has 0 unspecified atom stereocenters. The maximum absolute atomic E-state index is 12.5. The first-order chi connectivity index (χ1) is 12.7. The van der Waals surface area contributed by atoms with E-state index in [4.69, 9.17) is 21.1 Å². The van der Waals surface area contributed by atoms with Crippen molar-refractivity contribution in [2.45, 2.75) is 30.9 Å². The van der Waals surface area contributed by atoms with Gasteiger partial charge in [-0.1, -0.05) is 30.3 Å². The lowest BCUT2D eigenvalue weighted by atomic mass is 9.92. The number of aromatic carboxylic acids is 1. The molecular weight excluding hydrogens is 372 g/mol. The summed E-state index contributed by atoms with van der Waals surface area (Å²) in [6.45, 7) is 3.02. The Hall–Kier alpha value is -2.86. The van der Waals surface area contributed by atoms with Crippen molar-refractivity contribution in [3.63, 3.8) is 0 Å². The number of halogens is 1. The van der Waals surface area contributed by atoms with E-state index in [1.54, 1.807) is 49.4 Å². The number of rotatable bonds is 4. The number of carboxylic acids is 1. The summed E-state index contributed by atoms with van der Waals surface area (Å²) in [4.78, 5) is 34.6. The molecular formula is C20H17ClO6. The Bertz CT molecular complexity index is 906. The van der Waals surface area contributed by atoms with Crippen LogP contribution in [-0.2, 0) is 14.3 Å². The van der Waals surface area contributed by atoms with Crippen LogP contribution in [-0.4, -0.2) is 34.0 Å². The van der Waals surface area contributed by atoms with Gasteiger partial charge < -0.3 is 14.6 Å². The zero-order chi connectivity index (χ0) is 19.8. The van der Waals surface area contributed by atoms with Gasteiger partial charge in [0, 0.05) is 5.56 Å². The van der Waals surface area contributed by atoms with Crippen LogP contribution >= 0.6 is 11.6 Å². The van der Waals surface area contributed by atoms with Gasteiger partial charge in [-0.2, -0.15) is 0 Å². The summed E-state index contributed by atoms with van der Waals surface area (Å²) in [6.07, 6.45) is -2.13. The summed E-state index contributed by atoms with van der Waals surface area (Å²) in [5.41, 5.74) is 1.22. The molecule has 1 fully saturated rings. The van der Waals surface area contributed by atoms with Crippen LogP contribution in [0.5, 0.6) is 0 Å². The lowest BCUT2D eigenvalue weighted by Gasteiger charge is -2.25. The minimum Gasteiger partial charge on any atom is -0.478 e. The summed E-state index contributed by atoms with van der Waals surface area (Å²) in [6, 6.07) is 12.9. The van der Waals surface area contributed by atoms with Crippen molar-refractivity contribution in [2.75, 3.05) is 0 Å². The van der Waals surface area contributed by atoms with Crippen molar-refractivity contribution in [1.82, 2.24) is 0 Å². The van der Waals surface area contributed by atoms with Gasteiger partial charge in [0.1, 0.15) is 0 Å². The van der Waals surface area contributed by atoms with Crippen LogP contribution in [0.4, 0.5) is 0 Å². The van der Waals surface area contributed by atoms with E-state index in [1.165, 1.54) is 13.0 Å². The first-order valence-corrected chi connectivity index (χ1v) is 8.60. The van der Waals surface area contributed by atoms with E-state index in [1.807, 2.05) is 0 Å². The molecule has 3 rings (SSSR count). The minimum atomic E-state index is -1.60. The molecule has 2 aromatic carbocycles.